The smallest absolute Gasteiger partial charge is 0.0901 e. The van der Waals surface area contributed by atoms with E-state index < -0.39 is 0 Å². The van der Waals surface area contributed by atoms with Gasteiger partial charge in [-0.2, -0.15) is 11.3 Å². The van der Waals surface area contributed by atoms with Crippen LogP contribution in [0.1, 0.15) is 10.6 Å². The van der Waals surface area contributed by atoms with E-state index in [1.807, 2.05) is 23.1 Å². The Morgan fingerprint density at radius 2 is 2.23 bits per heavy atom. The molecule has 2 aromatic rings. The fraction of sp³-hybridized carbons (Fsp3) is 0.222. The van der Waals surface area contributed by atoms with Crippen molar-refractivity contribution in [2.24, 2.45) is 0 Å². The van der Waals surface area contributed by atoms with Gasteiger partial charge in [0.1, 0.15) is 0 Å². The lowest BCUT2D eigenvalue weighted by molar-refractivity contribution is 0.283. The zero-order valence-corrected chi connectivity index (χ0v) is 8.78. The summed E-state index contributed by atoms with van der Waals surface area (Å²) in [5, 5.41) is 16.1. The fourth-order valence-corrected chi connectivity index (χ4v) is 2.61. The van der Waals surface area contributed by atoms with Crippen molar-refractivity contribution in [1.29, 1.82) is 0 Å². The Balaban J connectivity index is 2.45. The zero-order chi connectivity index (χ0) is 9.26. The van der Waals surface area contributed by atoms with Gasteiger partial charge in [0.15, 0.2) is 0 Å². The van der Waals surface area contributed by atoms with E-state index in [-0.39, 0.29) is 6.61 Å². The van der Waals surface area contributed by atoms with Gasteiger partial charge < -0.3 is 5.11 Å². The third kappa shape index (κ3) is 1.65. The SMILES string of the molecule is Cc1nc(-c2cscc2CO)cs1. The molecule has 2 rings (SSSR count). The summed E-state index contributed by atoms with van der Waals surface area (Å²) in [6.45, 7) is 2.08. The average Bonchev–Trinajstić information content (AvgIpc) is 2.71. The number of nitrogens with zero attached hydrogens (tertiary/aromatic N) is 1. The van der Waals surface area contributed by atoms with E-state index in [1.165, 1.54) is 0 Å². The molecule has 2 heterocycles. The largest absolute Gasteiger partial charge is 0.392 e. The summed E-state index contributed by atoms with van der Waals surface area (Å²) in [5.74, 6) is 0. The second-order valence-corrected chi connectivity index (χ2v) is 4.53. The number of aryl methyl sites for hydroxylation is 1. The number of thiophene rings is 1. The van der Waals surface area contributed by atoms with E-state index in [9.17, 15) is 0 Å². The van der Waals surface area contributed by atoms with Gasteiger partial charge in [-0.15, -0.1) is 11.3 Å². The predicted molar refractivity (Wildman–Crippen MR) is 56.1 cm³/mol. The van der Waals surface area contributed by atoms with Crippen LogP contribution in [0.2, 0.25) is 0 Å². The highest BCUT2D eigenvalue weighted by atomic mass is 32.1. The number of hydrogen-bond donors (Lipinski definition) is 1. The second kappa shape index (κ2) is 3.57. The first kappa shape index (κ1) is 8.87. The van der Waals surface area contributed by atoms with Crippen molar-refractivity contribution in [2.75, 3.05) is 0 Å². The van der Waals surface area contributed by atoms with Crippen LogP contribution in [-0.2, 0) is 6.61 Å². The molecule has 0 radical (unpaired) electrons. The van der Waals surface area contributed by atoms with Gasteiger partial charge in [0.2, 0.25) is 0 Å². The van der Waals surface area contributed by atoms with Gasteiger partial charge in [0.05, 0.1) is 17.3 Å². The Morgan fingerprint density at radius 3 is 2.85 bits per heavy atom. The summed E-state index contributed by atoms with van der Waals surface area (Å²) in [6, 6.07) is 0. The van der Waals surface area contributed by atoms with E-state index in [1.54, 1.807) is 22.7 Å². The normalized spacial score (nSPS) is 10.6. The summed E-state index contributed by atoms with van der Waals surface area (Å²) in [4.78, 5) is 4.38. The van der Waals surface area contributed by atoms with Crippen molar-refractivity contribution in [1.82, 2.24) is 4.98 Å². The molecule has 13 heavy (non-hydrogen) atoms. The number of rotatable bonds is 2. The van der Waals surface area contributed by atoms with Gasteiger partial charge in [-0.05, 0) is 17.9 Å². The Bertz CT molecular complexity index is 405. The third-order valence-electron chi connectivity index (χ3n) is 1.81. The minimum atomic E-state index is 0.0927. The van der Waals surface area contributed by atoms with Crippen LogP contribution in [0.3, 0.4) is 0 Å². The Labute approximate surface area is 84.5 Å². The highest BCUT2D eigenvalue weighted by molar-refractivity contribution is 7.10. The fourth-order valence-electron chi connectivity index (χ4n) is 1.16. The van der Waals surface area contributed by atoms with Crippen LogP contribution in [0.5, 0.6) is 0 Å². The van der Waals surface area contributed by atoms with E-state index in [2.05, 4.69) is 4.98 Å². The van der Waals surface area contributed by atoms with Crippen LogP contribution < -0.4 is 0 Å². The van der Waals surface area contributed by atoms with Gasteiger partial charge in [-0.3, -0.25) is 0 Å². The number of aromatic nitrogens is 1. The predicted octanol–water partition coefficient (Wildman–Crippen LogP) is 2.67. The molecule has 1 N–H and O–H groups in total. The zero-order valence-electron chi connectivity index (χ0n) is 7.15. The van der Waals surface area contributed by atoms with Crippen molar-refractivity contribution in [3.05, 3.63) is 26.7 Å². The first-order chi connectivity index (χ1) is 6.31. The highest BCUT2D eigenvalue weighted by Crippen LogP contribution is 2.28. The Kier molecular flexibility index (Phi) is 2.44. The summed E-state index contributed by atoms with van der Waals surface area (Å²) < 4.78 is 0. The van der Waals surface area contributed by atoms with Crippen LogP contribution in [0.4, 0.5) is 0 Å². The molecule has 68 valence electrons. The molecule has 0 saturated heterocycles. The minimum absolute atomic E-state index is 0.0927. The van der Waals surface area contributed by atoms with Gasteiger partial charge in [0.25, 0.3) is 0 Å². The maximum atomic E-state index is 9.06. The summed E-state index contributed by atoms with van der Waals surface area (Å²) in [7, 11) is 0. The van der Waals surface area contributed by atoms with Gasteiger partial charge in [-0.1, -0.05) is 0 Å². The lowest BCUT2D eigenvalue weighted by Gasteiger charge is -1.95. The molecule has 2 aromatic heterocycles. The van der Waals surface area contributed by atoms with Crippen LogP contribution in [0.25, 0.3) is 11.3 Å². The Morgan fingerprint density at radius 1 is 1.38 bits per heavy atom. The molecule has 0 aliphatic rings. The maximum absolute atomic E-state index is 9.06. The molecule has 2 nitrogen and oxygen atoms in total. The van der Waals surface area contributed by atoms with E-state index in [0.717, 1.165) is 21.8 Å². The molecule has 0 spiro atoms. The van der Waals surface area contributed by atoms with Crippen LogP contribution >= 0.6 is 22.7 Å². The second-order valence-electron chi connectivity index (χ2n) is 2.72. The molecular weight excluding hydrogens is 202 g/mol. The molecular formula is C9H9NOS2. The molecule has 0 bridgehead atoms. The maximum Gasteiger partial charge on any atom is 0.0901 e. The number of aliphatic hydroxyl groups excluding tert-OH is 1. The Hall–Kier alpha value is -0.710. The van der Waals surface area contributed by atoms with Gasteiger partial charge >= 0.3 is 0 Å². The standard InChI is InChI=1S/C9H9NOS2/c1-6-10-9(5-13-6)8-4-12-3-7(8)2-11/h3-5,11H,2H2,1H3. The number of thiazole rings is 1. The highest BCUT2D eigenvalue weighted by Gasteiger charge is 2.07. The molecule has 0 aliphatic heterocycles. The number of hydrogen-bond acceptors (Lipinski definition) is 4. The molecule has 0 saturated carbocycles. The van der Waals surface area contributed by atoms with Crippen LogP contribution in [0, 0.1) is 6.92 Å². The molecule has 0 fully saturated rings. The van der Waals surface area contributed by atoms with E-state index in [0.29, 0.717) is 0 Å². The van der Waals surface area contributed by atoms with Crippen LogP contribution in [-0.4, -0.2) is 10.1 Å². The first-order valence-electron chi connectivity index (χ1n) is 3.89. The topological polar surface area (TPSA) is 33.1 Å². The summed E-state index contributed by atoms with van der Waals surface area (Å²) in [5.41, 5.74) is 3.01. The van der Waals surface area contributed by atoms with Crippen molar-refractivity contribution < 1.29 is 5.11 Å². The molecule has 0 unspecified atom stereocenters. The monoisotopic (exact) mass is 211 g/mol. The number of aliphatic hydroxyl groups is 1. The minimum Gasteiger partial charge on any atom is -0.392 e. The van der Waals surface area contributed by atoms with Crippen molar-refractivity contribution in [2.45, 2.75) is 13.5 Å². The van der Waals surface area contributed by atoms with Crippen molar-refractivity contribution in [3.63, 3.8) is 0 Å². The van der Waals surface area contributed by atoms with Crippen molar-refractivity contribution >= 4 is 22.7 Å². The lowest BCUT2D eigenvalue weighted by atomic mass is 10.2. The lowest BCUT2D eigenvalue weighted by Crippen LogP contribution is -1.83. The molecule has 4 heteroatoms. The van der Waals surface area contributed by atoms with E-state index in [4.69, 9.17) is 5.11 Å². The first-order valence-corrected chi connectivity index (χ1v) is 5.72. The summed E-state index contributed by atoms with van der Waals surface area (Å²) >= 11 is 3.23. The van der Waals surface area contributed by atoms with E-state index >= 15 is 0 Å². The molecule has 0 amide bonds. The average molecular weight is 211 g/mol. The van der Waals surface area contributed by atoms with Crippen LogP contribution in [0.15, 0.2) is 16.1 Å². The van der Waals surface area contributed by atoms with Crippen molar-refractivity contribution in [3.8, 4) is 11.3 Å². The van der Waals surface area contributed by atoms with Gasteiger partial charge in [-0.25, -0.2) is 4.98 Å². The molecule has 0 atom stereocenters. The molecule has 0 aromatic carbocycles. The molecule has 0 aliphatic carbocycles. The third-order valence-corrected chi connectivity index (χ3v) is 3.37. The van der Waals surface area contributed by atoms with Gasteiger partial charge in [0, 0.05) is 16.3 Å². The quantitative estimate of drug-likeness (QED) is 0.828. The summed E-state index contributed by atoms with van der Waals surface area (Å²) in [6.07, 6.45) is 0.